The van der Waals surface area contributed by atoms with Gasteiger partial charge in [0.2, 0.25) is 0 Å². The van der Waals surface area contributed by atoms with Crippen LogP contribution in [-0.4, -0.2) is 22.6 Å². The van der Waals surface area contributed by atoms with Gasteiger partial charge in [-0.15, -0.1) is 0 Å². The lowest BCUT2D eigenvalue weighted by atomic mass is 10.1. The summed E-state index contributed by atoms with van der Waals surface area (Å²) in [6.45, 7) is 3.19. The summed E-state index contributed by atoms with van der Waals surface area (Å²) in [5.74, 6) is -1.13. The molecule has 0 saturated heterocycles. The summed E-state index contributed by atoms with van der Waals surface area (Å²) in [5, 5.41) is 12.4. The molecule has 0 fully saturated rings. The summed E-state index contributed by atoms with van der Waals surface area (Å²) < 4.78 is 6.29. The number of ether oxygens (including phenoxy) is 1. The highest BCUT2D eigenvalue weighted by Crippen LogP contribution is 2.25. The molecular formula is C17H15BrClNO4. The number of rotatable bonds is 5. The SMILES string of the molecule is CC(C)(Oc1ccc(Cl)cc1)C(=O)Nc1ccc(Br)cc1C(=O)O. The summed E-state index contributed by atoms with van der Waals surface area (Å²) in [4.78, 5) is 23.8. The molecule has 0 aliphatic heterocycles. The zero-order valence-corrected chi connectivity index (χ0v) is 15.3. The van der Waals surface area contributed by atoms with Gasteiger partial charge in [-0.3, -0.25) is 4.79 Å². The van der Waals surface area contributed by atoms with Gasteiger partial charge in [0.25, 0.3) is 5.91 Å². The van der Waals surface area contributed by atoms with E-state index < -0.39 is 17.5 Å². The van der Waals surface area contributed by atoms with Crippen LogP contribution in [0.2, 0.25) is 5.02 Å². The maximum absolute atomic E-state index is 12.5. The van der Waals surface area contributed by atoms with Crippen LogP contribution in [0.25, 0.3) is 0 Å². The summed E-state index contributed by atoms with van der Waals surface area (Å²) in [6.07, 6.45) is 0. The van der Waals surface area contributed by atoms with Gasteiger partial charge in [0, 0.05) is 9.50 Å². The van der Waals surface area contributed by atoms with Crippen molar-refractivity contribution in [1.29, 1.82) is 0 Å². The molecule has 2 N–H and O–H groups in total. The van der Waals surface area contributed by atoms with Crippen LogP contribution in [-0.2, 0) is 4.79 Å². The van der Waals surface area contributed by atoms with Crippen molar-refractivity contribution in [3.05, 3.63) is 57.5 Å². The minimum Gasteiger partial charge on any atom is -0.478 e. The molecule has 0 saturated carbocycles. The molecule has 0 radical (unpaired) electrons. The van der Waals surface area contributed by atoms with Crippen LogP contribution in [0, 0.1) is 0 Å². The van der Waals surface area contributed by atoms with E-state index in [1.165, 1.54) is 12.1 Å². The van der Waals surface area contributed by atoms with Crippen molar-refractivity contribution in [2.24, 2.45) is 0 Å². The minimum absolute atomic E-state index is 0.0139. The highest BCUT2D eigenvalue weighted by molar-refractivity contribution is 9.10. The topological polar surface area (TPSA) is 75.6 Å². The Morgan fingerprint density at radius 3 is 2.38 bits per heavy atom. The van der Waals surface area contributed by atoms with E-state index >= 15 is 0 Å². The van der Waals surface area contributed by atoms with Gasteiger partial charge in [0.15, 0.2) is 5.60 Å². The molecule has 1 amide bonds. The maximum Gasteiger partial charge on any atom is 0.337 e. The number of carboxylic acids is 1. The Bertz CT molecular complexity index is 775. The summed E-state index contributed by atoms with van der Waals surface area (Å²) in [5.41, 5.74) is -1.03. The number of carbonyl (C=O) groups excluding carboxylic acids is 1. The number of carbonyl (C=O) groups is 2. The number of carboxylic acid groups (broad SMARTS) is 1. The standard InChI is InChI=1S/C17H15BrClNO4/c1-17(2,24-12-6-4-11(19)5-7-12)16(23)20-14-8-3-10(18)9-13(14)15(21)22/h3-9H,1-2H3,(H,20,23)(H,21,22). The van der Waals surface area contributed by atoms with E-state index in [-0.39, 0.29) is 11.3 Å². The molecule has 0 aliphatic carbocycles. The van der Waals surface area contributed by atoms with Crippen molar-refractivity contribution in [2.75, 3.05) is 5.32 Å². The van der Waals surface area contributed by atoms with Crippen molar-refractivity contribution in [3.8, 4) is 5.75 Å². The van der Waals surface area contributed by atoms with Crippen LogP contribution in [0.1, 0.15) is 24.2 Å². The van der Waals surface area contributed by atoms with Crippen LogP contribution in [0.3, 0.4) is 0 Å². The van der Waals surface area contributed by atoms with Crippen molar-refractivity contribution in [1.82, 2.24) is 0 Å². The van der Waals surface area contributed by atoms with Crippen molar-refractivity contribution < 1.29 is 19.4 Å². The van der Waals surface area contributed by atoms with Gasteiger partial charge in [-0.2, -0.15) is 0 Å². The number of amides is 1. The summed E-state index contributed by atoms with van der Waals surface area (Å²) in [6, 6.07) is 11.2. The fraction of sp³-hybridized carbons (Fsp3) is 0.176. The molecule has 0 unspecified atom stereocenters. The second kappa shape index (κ2) is 7.23. The molecule has 0 aromatic heterocycles. The molecular weight excluding hydrogens is 398 g/mol. The largest absolute Gasteiger partial charge is 0.478 e. The first-order chi connectivity index (χ1) is 11.2. The summed E-state index contributed by atoms with van der Waals surface area (Å²) in [7, 11) is 0. The Labute approximate surface area is 152 Å². The Balaban J connectivity index is 2.19. The van der Waals surface area contributed by atoms with Gasteiger partial charge in [-0.1, -0.05) is 27.5 Å². The van der Waals surface area contributed by atoms with Gasteiger partial charge in [0.05, 0.1) is 11.3 Å². The number of aromatic carboxylic acids is 1. The Morgan fingerprint density at radius 1 is 1.17 bits per heavy atom. The summed E-state index contributed by atoms with van der Waals surface area (Å²) >= 11 is 9.03. The van der Waals surface area contributed by atoms with Gasteiger partial charge in [0.1, 0.15) is 5.75 Å². The van der Waals surface area contributed by atoms with E-state index in [1.807, 2.05) is 0 Å². The second-order valence-corrected chi connectivity index (χ2v) is 6.87. The molecule has 24 heavy (non-hydrogen) atoms. The average molecular weight is 413 g/mol. The molecule has 0 spiro atoms. The first-order valence-electron chi connectivity index (χ1n) is 6.98. The predicted octanol–water partition coefficient (Wildman–Crippen LogP) is 4.60. The van der Waals surface area contributed by atoms with Crippen LogP contribution < -0.4 is 10.1 Å². The number of hydrogen-bond donors (Lipinski definition) is 2. The van der Waals surface area contributed by atoms with Crippen LogP contribution >= 0.6 is 27.5 Å². The number of hydrogen-bond acceptors (Lipinski definition) is 3. The van der Waals surface area contributed by atoms with Crippen molar-refractivity contribution in [3.63, 3.8) is 0 Å². The Kier molecular flexibility index (Phi) is 5.51. The van der Waals surface area contributed by atoms with Crippen LogP contribution in [0.4, 0.5) is 5.69 Å². The Hall–Kier alpha value is -2.05. The zero-order valence-electron chi connectivity index (χ0n) is 13.0. The van der Waals surface area contributed by atoms with Gasteiger partial charge < -0.3 is 15.2 Å². The molecule has 126 valence electrons. The molecule has 2 rings (SSSR count). The van der Waals surface area contributed by atoms with E-state index in [9.17, 15) is 14.7 Å². The maximum atomic E-state index is 12.5. The third-order valence-corrected chi connectivity index (χ3v) is 3.94. The normalized spacial score (nSPS) is 11.0. The average Bonchev–Trinajstić information content (AvgIpc) is 2.50. The van der Waals surface area contributed by atoms with Crippen molar-refractivity contribution >= 4 is 45.1 Å². The highest BCUT2D eigenvalue weighted by atomic mass is 79.9. The van der Waals surface area contributed by atoms with Gasteiger partial charge in [-0.05, 0) is 56.3 Å². The number of nitrogens with one attached hydrogen (secondary N) is 1. The number of benzene rings is 2. The molecule has 7 heteroatoms. The lowest BCUT2D eigenvalue weighted by Gasteiger charge is -2.25. The first-order valence-corrected chi connectivity index (χ1v) is 8.15. The number of anilines is 1. The monoisotopic (exact) mass is 411 g/mol. The van der Waals surface area contributed by atoms with E-state index in [0.29, 0.717) is 15.2 Å². The second-order valence-electron chi connectivity index (χ2n) is 5.52. The molecule has 5 nitrogen and oxygen atoms in total. The van der Waals surface area contributed by atoms with E-state index in [4.69, 9.17) is 16.3 Å². The molecule has 2 aromatic rings. The first kappa shape index (κ1) is 18.3. The van der Waals surface area contributed by atoms with Gasteiger partial charge in [-0.25, -0.2) is 4.79 Å². The lowest BCUT2D eigenvalue weighted by molar-refractivity contribution is -0.128. The quantitative estimate of drug-likeness (QED) is 0.753. The smallest absolute Gasteiger partial charge is 0.337 e. The number of halogens is 2. The predicted molar refractivity (Wildman–Crippen MR) is 95.9 cm³/mol. The third kappa shape index (κ3) is 4.49. The minimum atomic E-state index is -1.21. The zero-order chi connectivity index (χ0) is 17.9. The van der Waals surface area contributed by atoms with E-state index in [0.717, 1.165) is 0 Å². The van der Waals surface area contributed by atoms with Crippen LogP contribution in [0.15, 0.2) is 46.9 Å². The molecule has 0 aliphatic rings. The van der Waals surface area contributed by atoms with Crippen LogP contribution in [0.5, 0.6) is 5.75 Å². The molecule has 2 aromatic carbocycles. The fourth-order valence-corrected chi connectivity index (χ4v) is 2.41. The Morgan fingerprint density at radius 2 is 1.79 bits per heavy atom. The van der Waals surface area contributed by atoms with Gasteiger partial charge >= 0.3 is 5.97 Å². The highest BCUT2D eigenvalue weighted by Gasteiger charge is 2.31. The van der Waals surface area contributed by atoms with E-state index in [2.05, 4.69) is 21.2 Å². The lowest BCUT2D eigenvalue weighted by Crippen LogP contribution is -2.42. The molecule has 0 atom stereocenters. The molecule has 0 bridgehead atoms. The van der Waals surface area contributed by atoms with Crippen molar-refractivity contribution in [2.45, 2.75) is 19.4 Å². The molecule has 0 heterocycles. The third-order valence-electron chi connectivity index (χ3n) is 3.19. The fourth-order valence-electron chi connectivity index (χ4n) is 1.92. The van der Waals surface area contributed by atoms with E-state index in [1.54, 1.807) is 44.2 Å².